The number of halogens is 2. The summed E-state index contributed by atoms with van der Waals surface area (Å²) in [6.07, 6.45) is 1.03. The van der Waals surface area contributed by atoms with Crippen LogP contribution in [0, 0.1) is 5.82 Å². The molecule has 0 amide bonds. The number of nitrogens with one attached hydrogen (secondary N) is 2. The topological polar surface area (TPSA) is 55.4 Å². The number of rotatable bonds is 9. The number of ether oxygens (including phenoxy) is 1. The van der Waals surface area contributed by atoms with Gasteiger partial charge in [0.2, 0.25) is 0 Å². The van der Waals surface area contributed by atoms with Crippen LogP contribution in [0.5, 0.6) is 0 Å². The number of para-hydroxylation sites is 1. The maximum absolute atomic E-state index is 14.0. The monoisotopic (exact) mass is 548 g/mol. The Labute approximate surface area is 203 Å². The molecule has 0 aliphatic carbocycles. The van der Waals surface area contributed by atoms with Gasteiger partial charge >= 0.3 is 0 Å². The van der Waals surface area contributed by atoms with Crippen molar-refractivity contribution < 1.29 is 9.13 Å². The normalized spacial score (nSPS) is 18.5. The standard InChI is InChI=1S/C22H37FN6O.HI/c1-2-24-22(26-9-11-28-16-18-30-19-17-28)25-8-5-10-27-12-14-29(15-13-27)21-7-4-3-6-20(21)23;/h3-4,6-7H,2,5,8-19H2,1H3,(H2,24,25,26);1H. The van der Waals surface area contributed by atoms with Gasteiger partial charge in [-0.2, -0.15) is 0 Å². The third kappa shape index (κ3) is 9.07. The van der Waals surface area contributed by atoms with Gasteiger partial charge in [0.05, 0.1) is 18.9 Å². The van der Waals surface area contributed by atoms with E-state index in [1.807, 2.05) is 12.1 Å². The Bertz CT molecular complexity index is 651. The van der Waals surface area contributed by atoms with E-state index in [4.69, 9.17) is 9.73 Å². The summed E-state index contributed by atoms with van der Waals surface area (Å²) in [7, 11) is 0. The van der Waals surface area contributed by atoms with Crippen molar-refractivity contribution in [3.63, 3.8) is 0 Å². The lowest BCUT2D eigenvalue weighted by Crippen LogP contribution is -2.47. The lowest BCUT2D eigenvalue weighted by Gasteiger charge is -2.36. The van der Waals surface area contributed by atoms with Gasteiger partial charge in [-0.15, -0.1) is 24.0 Å². The van der Waals surface area contributed by atoms with Crippen LogP contribution in [0.3, 0.4) is 0 Å². The van der Waals surface area contributed by atoms with E-state index in [9.17, 15) is 4.39 Å². The van der Waals surface area contributed by atoms with Gasteiger partial charge in [-0.25, -0.2) is 4.39 Å². The van der Waals surface area contributed by atoms with E-state index < -0.39 is 0 Å². The van der Waals surface area contributed by atoms with Crippen molar-refractivity contribution in [2.75, 3.05) is 90.1 Å². The summed E-state index contributed by atoms with van der Waals surface area (Å²) in [6.45, 7) is 14.1. The molecule has 0 atom stereocenters. The molecule has 1 aromatic rings. The average molecular weight is 548 g/mol. The van der Waals surface area contributed by atoms with Gasteiger partial charge in [-0.1, -0.05) is 12.1 Å². The number of benzene rings is 1. The second-order valence-electron chi connectivity index (χ2n) is 7.78. The van der Waals surface area contributed by atoms with Crippen molar-refractivity contribution in [1.82, 2.24) is 20.4 Å². The molecule has 0 saturated carbocycles. The highest BCUT2D eigenvalue weighted by atomic mass is 127. The zero-order chi connectivity index (χ0) is 21.0. The molecule has 3 rings (SSSR count). The zero-order valence-electron chi connectivity index (χ0n) is 18.7. The molecule has 2 fully saturated rings. The molecule has 0 unspecified atom stereocenters. The Morgan fingerprint density at radius 1 is 1.00 bits per heavy atom. The van der Waals surface area contributed by atoms with Crippen LogP contribution in [-0.4, -0.2) is 101 Å². The maximum Gasteiger partial charge on any atom is 0.191 e. The molecule has 2 saturated heterocycles. The van der Waals surface area contributed by atoms with Crippen molar-refractivity contribution >= 4 is 35.6 Å². The van der Waals surface area contributed by atoms with Crippen molar-refractivity contribution in [3.8, 4) is 0 Å². The van der Waals surface area contributed by atoms with Gasteiger partial charge in [0.15, 0.2) is 5.96 Å². The number of hydrogen-bond acceptors (Lipinski definition) is 5. The molecule has 2 aliphatic rings. The summed E-state index contributed by atoms with van der Waals surface area (Å²) in [5.74, 6) is 0.771. The predicted octanol–water partition coefficient (Wildman–Crippen LogP) is 1.84. The SMILES string of the molecule is CCNC(=NCCCN1CCN(c2ccccc2F)CC1)NCCN1CCOCC1.I. The fraction of sp³-hybridized carbons (Fsp3) is 0.682. The Hall–Kier alpha value is -1.17. The quantitative estimate of drug-likeness (QED) is 0.213. The first-order chi connectivity index (χ1) is 14.8. The van der Waals surface area contributed by atoms with Crippen molar-refractivity contribution in [3.05, 3.63) is 30.1 Å². The zero-order valence-corrected chi connectivity index (χ0v) is 21.0. The highest BCUT2D eigenvalue weighted by Crippen LogP contribution is 2.20. The highest BCUT2D eigenvalue weighted by Gasteiger charge is 2.18. The third-order valence-electron chi connectivity index (χ3n) is 5.64. The first-order valence-corrected chi connectivity index (χ1v) is 11.3. The molecule has 1 aromatic carbocycles. The van der Waals surface area contributed by atoms with Crippen LogP contribution in [0.25, 0.3) is 0 Å². The van der Waals surface area contributed by atoms with Crippen LogP contribution in [0.2, 0.25) is 0 Å². The Kier molecular flexibility index (Phi) is 12.5. The van der Waals surface area contributed by atoms with E-state index in [1.165, 1.54) is 6.07 Å². The van der Waals surface area contributed by atoms with Crippen LogP contribution in [0.15, 0.2) is 29.3 Å². The first-order valence-electron chi connectivity index (χ1n) is 11.3. The molecular weight excluding hydrogens is 510 g/mol. The van der Waals surface area contributed by atoms with E-state index >= 15 is 0 Å². The predicted molar refractivity (Wildman–Crippen MR) is 136 cm³/mol. The minimum atomic E-state index is -0.127. The summed E-state index contributed by atoms with van der Waals surface area (Å²) < 4.78 is 19.4. The van der Waals surface area contributed by atoms with Crippen molar-refractivity contribution in [2.45, 2.75) is 13.3 Å². The molecule has 2 heterocycles. The Balaban J connectivity index is 0.00000341. The average Bonchev–Trinajstić information content (AvgIpc) is 2.78. The van der Waals surface area contributed by atoms with E-state index in [0.717, 1.165) is 103 Å². The fourth-order valence-electron chi connectivity index (χ4n) is 3.90. The molecule has 0 aromatic heterocycles. The van der Waals surface area contributed by atoms with E-state index in [0.29, 0.717) is 0 Å². The molecule has 176 valence electrons. The first kappa shape index (κ1) is 26.1. The minimum absolute atomic E-state index is 0. The third-order valence-corrected chi connectivity index (χ3v) is 5.64. The summed E-state index contributed by atoms with van der Waals surface area (Å²) in [4.78, 5) is 11.7. The van der Waals surface area contributed by atoms with Crippen LogP contribution in [0.4, 0.5) is 10.1 Å². The minimum Gasteiger partial charge on any atom is -0.379 e. The molecule has 9 heteroatoms. The molecule has 31 heavy (non-hydrogen) atoms. The van der Waals surface area contributed by atoms with Gasteiger partial charge in [-0.3, -0.25) is 14.8 Å². The van der Waals surface area contributed by atoms with Crippen LogP contribution < -0.4 is 15.5 Å². The number of aliphatic imine (C=N–C) groups is 1. The Morgan fingerprint density at radius 3 is 2.42 bits per heavy atom. The van der Waals surface area contributed by atoms with Gasteiger partial charge in [0.1, 0.15) is 5.82 Å². The highest BCUT2D eigenvalue weighted by molar-refractivity contribution is 14.0. The summed E-state index contributed by atoms with van der Waals surface area (Å²) in [5.41, 5.74) is 0.722. The van der Waals surface area contributed by atoms with E-state index in [-0.39, 0.29) is 29.8 Å². The molecule has 0 radical (unpaired) electrons. The number of hydrogen-bond donors (Lipinski definition) is 2. The summed E-state index contributed by atoms with van der Waals surface area (Å²) in [6, 6.07) is 7.05. The number of anilines is 1. The van der Waals surface area contributed by atoms with E-state index in [2.05, 4.69) is 32.3 Å². The summed E-state index contributed by atoms with van der Waals surface area (Å²) >= 11 is 0. The molecule has 0 bridgehead atoms. The number of piperazine rings is 1. The maximum atomic E-state index is 14.0. The van der Waals surface area contributed by atoms with Gasteiger partial charge in [-0.05, 0) is 25.5 Å². The largest absolute Gasteiger partial charge is 0.379 e. The van der Waals surface area contributed by atoms with E-state index in [1.54, 1.807) is 6.07 Å². The number of morpholine rings is 1. The van der Waals surface area contributed by atoms with Crippen LogP contribution in [-0.2, 0) is 4.74 Å². The lowest BCUT2D eigenvalue weighted by atomic mass is 10.2. The molecular formula is C22H38FIN6O. The van der Waals surface area contributed by atoms with Crippen molar-refractivity contribution in [2.24, 2.45) is 4.99 Å². The van der Waals surface area contributed by atoms with Crippen LogP contribution >= 0.6 is 24.0 Å². The number of nitrogens with zero attached hydrogens (tertiary/aromatic N) is 4. The lowest BCUT2D eigenvalue weighted by molar-refractivity contribution is 0.0389. The molecule has 7 nitrogen and oxygen atoms in total. The molecule has 0 spiro atoms. The van der Waals surface area contributed by atoms with Crippen molar-refractivity contribution in [1.29, 1.82) is 0 Å². The number of guanidine groups is 1. The fourth-order valence-corrected chi connectivity index (χ4v) is 3.90. The second-order valence-corrected chi connectivity index (χ2v) is 7.78. The smallest absolute Gasteiger partial charge is 0.191 e. The van der Waals surface area contributed by atoms with Crippen LogP contribution in [0.1, 0.15) is 13.3 Å². The second kappa shape index (κ2) is 14.8. The molecule has 2 aliphatic heterocycles. The molecule has 2 N–H and O–H groups in total. The summed E-state index contributed by atoms with van der Waals surface area (Å²) in [5, 5.41) is 6.76. The van der Waals surface area contributed by atoms with Gasteiger partial charge in [0.25, 0.3) is 0 Å². The van der Waals surface area contributed by atoms with Gasteiger partial charge < -0.3 is 20.3 Å². The van der Waals surface area contributed by atoms with Gasteiger partial charge in [0, 0.05) is 72.0 Å². The Morgan fingerprint density at radius 2 is 1.71 bits per heavy atom.